The van der Waals surface area contributed by atoms with Crippen molar-refractivity contribution in [2.45, 2.75) is 29.3 Å². The Labute approximate surface area is 286 Å². The zero-order valence-electron chi connectivity index (χ0n) is 24.6. The molecule has 2 aliphatic heterocycles. The normalized spacial score (nSPS) is 18.7. The molecule has 1 saturated heterocycles. The molecule has 0 bridgehead atoms. The lowest BCUT2D eigenvalue weighted by Gasteiger charge is -2.31. The number of aromatic nitrogens is 1. The van der Waals surface area contributed by atoms with Crippen LogP contribution in [0.15, 0.2) is 81.0 Å². The molecule has 3 heterocycles. The van der Waals surface area contributed by atoms with Gasteiger partial charge in [-0.25, -0.2) is 9.69 Å². The standard InChI is InChI=1S/C32H23BrF3N3O7S2/c1-2-45-30(43)15-6-9-19(10-7-15)39-28(41)24-23(25-27(38-31(44)48-25)47-26(24)29(39)42)20-13-17(33)8-11-21(20)46-14-22(40)37-18-5-3-4-16(12-18)32(34,35)36/h3-13,23-24,26H,2,14H2,1H3,(H,37,40)(H,38,44). The Balaban J connectivity index is 1.31. The fourth-order valence-corrected chi connectivity index (χ4v) is 8.46. The van der Waals surface area contributed by atoms with E-state index in [1.54, 1.807) is 25.1 Å². The van der Waals surface area contributed by atoms with Gasteiger partial charge in [0.1, 0.15) is 11.0 Å². The van der Waals surface area contributed by atoms with Gasteiger partial charge in [0.05, 0.1) is 34.4 Å². The number of imide groups is 1. The van der Waals surface area contributed by atoms with Crippen LogP contribution in [0.4, 0.5) is 24.5 Å². The number of hydrogen-bond acceptors (Lipinski definition) is 9. The first-order valence-electron chi connectivity index (χ1n) is 14.3. The number of halogens is 4. The molecule has 3 atom stereocenters. The second-order valence-corrected chi connectivity index (χ2v) is 13.7. The third-order valence-corrected chi connectivity index (χ3v) is 10.5. The number of benzene rings is 3. The van der Waals surface area contributed by atoms with E-state index in [9.17, 15) is 37.1 Å². The van der Waals surface area contributed by atoms with Crippen LogP contribution in [-0.4, -0.2) is 47.1 Å². The fraction of sp³-hybridized carbons (Fsp3) is 0.219. The molecular weight excluding hydrogens is 739 g/mol. The minimum Gasteiger partial charge on any atom is -0.483 e. The molecule has 10 nitrogen and oxygen atoms in total. The number of aromatic amines is 1. The van der Waals surface area contributed by atoms with Crippen LogP contribution < -0.4 is 19.8 Å². The lowest BCUT2D eigenvalue weighted by Crippen LogP contribution is -2.32. The maximum Gasteiger partial charge on any atom is 0.416 e. The van der Waals surface area contributed by atoms with Crippen molar-refractivity contribution >= 4 is 74.1 Å². The fourth-order valence-electron chi connectivity index (χ4n) is 5.58. The Kier molecular flexibility index (Phi) is 9.24. The van der Waals surface area contributed by atoms with Crippen LogP contribution in [0.25, 0.3) is 0 Å². The van der Waals surface area contributed by atoms with Crippen LogP contribution in [-0.2, 0) is 25.3 Å². The summed E-state index contributed by atoms with van der Waals surface area (Å²) in [5.41, 5.74) is -0.0996. The highest BCUT2D eigenvalue weighted by atomic mass is 79.9. The molecule has 0 aliphatic carbocycles. The average molecular weight is 763 g/mol. The number of hydrogen-bond donors (Lipinski definition) is 2. The van der Waals surface area contributed by atoms with Crippen LogP contribution in [0.2, 0.25) is 0 Å². The Morgan fingerprint density at radius 1 is 1.02 bits per heavy atom. The van der Waals surface area contributed by atoms with Crippen LogP contribution in [0, 0.1) is 5.92 Å². The highest BCUT2D eigenvalue weighted by molar-refractivity contribution is 9.10. The third kappa shape index (κ3) is 6.51. The summed E-state index contributed by atoms with van der Waals surface area (Å²) in [7, 11) is 0. The van der Waals surface area contributed by atoms with E-state index in [4.69, 9.17) is 9.47 Å². The second kappa shape index (κ2) is 13.2. The summed E-state index contributed by atoms with van der Waals surface area (Å²) < 4.78 is 50.9. The van der Waals surface area contributed by atoms with Crippen molar-refractivity contribution in [1.82, 2.24) is 4.98 Å². The molecule has 3 amide bonds. The first-order chi connectivity index (χ1) is 22.8. The number of nitrogens with zero attached hydrogens (tertiary/aromatic N) is 1. The van der Waals surface area contributed by atoms with E-state index < -0.39 is 59.1 Å². The van der Waals surface area contributed by atoms with Crippen molar-refractivity contribution in [3.05, 3.63) is 102 Å². The predicted molar refractivity (Wildman–Crippen MR) is 175 cm³/mol. The number of thioether (sulfide) groups is 1. The summed E-state index contributed by atoms with van der Waals surface area (Å²) in [6.45, 7) is 1.26. The lowest BCUT2D eigenvalue weighted by atomic mass is 9.82. The van der Waals surface area contributed by atoms with Crippen LogP contribution in [0.3, 0.4) is 0 Å². The summed E-state index contributed by atoms with van der Waals surface area (Å²) in [5, 5.41) is 1.88. The van der Waals surface area contributed by atoms with Gasteiger partial charge < -0.3 is 19.8 Å². The summed E-state index contributed by atoms with van der Waals surface area (Å²) in [5.74, 6) is -4.01. The van der Waals surface area contributed by atoms with E-state index in [1.807, 2.05) is 0 Å². The maximum absolute atomic E-state index is 14.2. The molecule has 1 aromatic heterocycles. The van der Waals surface area contributed by atoms with Gasteiger partial charge in [-0.1, -0.05) is 45.1 Å². The quantitative estimate of drug-likeness (QED) is 0.160. The Hall–Kier alpha value is -4.41. The number of nitrogens with one attached hydrogen (secondary N) is 2. The number of ether oxygens (including phenoxy) is 2. The molecule has 1 fully saturated rings. The zero-order valence-corrected chi connectivity index (χ0v) is 27.8. The Morgan fingerprint density at radius 2 is 1.77 bits per heavy atom. The van der Waals surface area contributed by atoms with E-state index in [0.717, 1.165) is 40.1 Å². The average Bonchev–Trinajstić information content (AvgIpc) is 3.54. The highest BCUT2D eigenvalue weighted by Crippen LogP contribution is 2.54. The number of carbonyl (C=O) groups excluding carboxylic acids is 4. The van der Waals surface area contributed by atoms with Gasteiger partial charge >= 0.3 is 17.0 Å². The van der Waals surface area contributed by atoms with E-state index in [0.29, 0.717) is 19.9 Å². The van der Waals surface area contributed by atoms with Crippen molar-refractivity contribution < 1.29 is 41.8 Å². The SMILES string of the molecule is CCOC(=O)c1ccc(N2C(=O)C3Sc4[nH]c(=O)sc4C(c4cc(Br)ccc4OCC(=O)Nc4cccc(C(F)(F)F)c4)C3C2=O)cc1. The van der Waals surface area contributed by atoms with Crippen molar-refractivity contribution in [3.8, 4) is 5.75 Å². The summed E-state index contributed by atoms with van der Waals surface area (Å²) >= 11 is 5.40. The van der Waals surface area contributed by atoms with Crippen molar-refractivity contribution in [2.75, 3.05) is 23.4 Å². The second-order valence-electron chi connectivity index (χ2n) is 10.6. The van der Waals surface area contributed by atoms with Gasteiger partial charge in [-0.2, -0.15) is 13.2 Å². The molecule has 6 rings (SSSR count). The summed E-state index contributed by atoms with van der Waals surface area (Å²) in [4.78, 5) is 69.4. The van der Waals surface area contributed by atoms with Gasteiger partial charge in [-0.15, -0.1) is 0 Å². The molecule has 2 N–H and O–H groups in total. The van der Waals surface area contributed by atoms with Crippen molar-refractivity contribution in [2.24, 2.45) is 5.92 Å². The molecule has 0 radical (unpaired) electrons. The number of thiazole rings is 1. The van der Waals surface area contributed by atoms with Crippen LogP contribution >= 0.6 is 39.0 Å². The number of H-pyrrole nitrogens is 1. The third-order valence-electron chi connectivity index (χ3n) is 7.60. The minimum atomic E-state index is -4.59. The van der Waals surface area contributed by atoms with Crippen LogP contribution in [0.1, 0.15) is 39.2 Å². The number of anilines is 2. The van der Waals surface area contributed by atoms with Gasteiger partial charge in [-0.3, -0.25) is 19.2 Å². The molecule has 16 heteroatoms. The molecule has 248 valence electrons. The lowest BCUT2D eigenvalue weighted by molar-refractivity contribution is -0.137. The topological polar surface area (TPSA) is 135 Å². The van der Waals surface area contributed by atoms with Gasteiger partial charge in [0, 0.05) is 26.5 Å². The first kappa shape index (κ1) is 33.5. The van der Waals surface area contributed by atoms with Gasteiger partial charge in [-0.05, 0) is 67.6 Å². The number of carbonyl (C=O) groups is 4. The molecule has 3 unspecified atom stereocenters. The van der Waals surface area contributed by atoms with Crippen molar-refractivity contribution in [1.29, 1.82) is 0 Å². The molecule has 0 spiro atoms. The summed E-state index contributed by atoms with van der Waals surface area (Å²) in [6, 6.07) is 14.9. The highest BCUT2D eigenvalue weighted by Gasteiger charge is 2.57. The van der Waals surface area contributed by atoms with E-state index >= 15 is 0 Å². The van der Waals surface area contributed by atoms with Gasteiger partial charge in [0.2, 0.25) is 11.8 Å². The molecule has 48 heavy (non-hydrogen) atoms. The maximum atomic E-state index is 14.2. The minimum absolute atomic E-state index is 0.0752. The molecule has 2 aliphatic rings. The molecule has 4 aromatic rings. The molecule has 3 aromatic carbocycles. The number of fused-ring (bicyclic) bond motifs is 2. The zero-order chi connectivity index (χ0) is 34.3. The number of rotatable bonds is 8. The Bertz CT molecular complexity index is 2000. The van der Waals surface area contributed by atoms with E-state index in [2.05, 4.69) is 26.2 Å². The number of alkyl halides is 3. The monoisotopic (exact) mass is 761 g/mol. The van der Waals surface area contributed by atoms with Crippen LogP contribution in [0.5, 0.6) is 5.75 Å². The van der Waals surface area contributed by atoms with Gasteiger partial charge in [0.25, 0.3) is 5.91 Å². The van der Waals surface area contributed by atoms with Crippen molar-refractivity contribution in [3.63, 3.8) is 0 Å². The number of esters is 1. The van der Waals surface area contributed by atoms with E-state index in [1.165, 1.54) is 36.4 Å². The largest absolute Gasteiger partial charge is 0.483 e. The number of amides is 3. The smallest absolute Gasteiger partial charge is 0.416 e. The first-order valence-corrected chi connectivity index (χ1v) is 16.8. The summed E-state index contributed by atoms with van der Waals surface area (Å²) in [6.07, 6.45) is -4.59. The molecule has 0 saturated carbocycles. The Morgan fingerprint density at radius 3 is 2.48 bits per heavy atom. The molecular formula is C32H23BrF3N3O7S2. The van der Waals surface area contributed by atoms with E-state index in [-0.39, 0.29) is 34.2 Å². The van der Waals surface area contributed by atoms with Gasteiger partial charge in [0.15, 0.2) is 6.61 Å². The predicted octanol–water partition coefficient (Wildman–Crippen LogP) is 6.21.